The van der Waals surface area contributed by atoms with Crippen LogP contribution in [0.2, 0.25) is 0 Å². The number of anilines is 2. The van der Waals surface area contributed by atoms with E-state index in [0.29, 0.717) is 11.1 Å². The van der Waals surface area contributed by atoms with Crippen LogP contribution in [0, 0.1) is 22.7 Å². The van der Waals surface area contributed by atoms with E-state index in [2.05, 4.69) is 27.0 Å². The van der Waals surface area contributed by atoms with Gasteiger partial charge in [-0.15, -0.1) is 0 Å². The molecule has 0 radical (unpaired) electrons. The van der Waals surface area contributed by atoms with Gasteiger partial charge in [0.15, 0.2) is 12.4 Å². The van der Waals surface area contributed by atoms with Crippen LogP contribution >= 0.6 is 27.7 Å². The number of nitrogens with zero attached hydrogens (tertiary/aromatic N) is 4. The van der Waals surface area contributed by atoms with E-state index >= 15 is 0 Å². The van der Waals surface area contributed by atoms with Gasteiger partial charge in [-0.1, -0.05) is 53.7 Å². The lowest BCUT2D eigenvalue weighted by Crippen LogP contribution is -2.31. The first kappa shape index (κ1) is 29.5. The molecule has 0 bridgehead atoms. The number of carbonyl (C=O) groups is 4. The lowest BCUT2D eigenvalue weighted by atomic mass is 9.94. The second kappa shape index (κ2) is 12.3. The molecular formula is C29H22BrN5O5S. The number of ether oxygens (including phenoxy) is 1. The number of nitriles is 2. The van der Waals surface area contributed by atoms with Crippen LogP contribution in [0.5, 0.6) is 0 Å². The van der Waals surface area contributed by atoms with E-state index in [4.69, 9.17) is 10.5 Å². The van der Waals surface area contributed by atoms with Crippen LogP contribution < -0.4 is 10.6 Å². The Labute approximate surface area is 248 Å². The van der Waals surface area contributed by atoms with E-state index in [-0.39, 0.29) is 51.3 Å². The summed E-state index contributed by atoms with van der Waals surface area (Å²) in [5.74, 6) is -2.33. The van der Waals surface area contributed by atoms with Gasteiger partial charge in [-0.3, -0.25) is 14.4 Å². The number of thioether (sulfide) groups is 1. The average molecular weight is 632 g/mol. The molecule has 1 unspecified atom stereocenters. The fourth-order valence-corrected chi connectivity index (χ4v) is 5.66. The van der Waals surface area contributed by atoms with Crippen LogP contribution in [0.25, 0.3) is 0 Å². The smallest absolute Gasteiger partial charge is 0.338 e. The quantitative estimate of drug-likeness (QED) is 0.208. The number of hydrogen-bond donors (Lipinski definition) is 1. The number of amides is 2. The van der Waals surface area contributed by atoms with Crippen molar-refractivity contribution in [3.63, 3.8) is 0 Å². The summed E-state index contributed by atoms with van der Waals surface area (Å²) in [4.78, 5) is 56.0. The Morgan fingerprint density at radius 3 is 2.27 bits per heavy atom. The predicted molar refractivity (Wildman–Crippen MR) is 154 cm³/mol. The SMILES string of the molecule is CC(C)c1c(C#N)c(N)nc(SC2CC(=O)N(c3ccc(C(=O)OCC(=O)c4ccc(Br)cc4)cc3)C2=O)c1C#N. The van der Waals surface area contributed by atoms with Crippen molar-refractivity contribution in [3.8, 4) is 12.1 Å². The third-order valence-electron chi connectivity index (χ3n) is 6.25. The molecule has 0 spiro atoms. The highest BCUT2D eigenvalue weighted by Gasteiger charge is 2.41. The lowest BCUT2D eigenvalue weighted by molar-refractivity contribution is -0.121. The number of Topliss-reactive ketones (excluding diaryl/α,β-unsaturated/α-hetero) is 1. The molecule has 1 atom stereocenters. The van der Waals surface area contributed by atoms with Gasteiger partial charge in [0.2, 0.25) is 11.8 Å². The van der Waals surface area contributed by atoms with Crippen LogP contribution in [-0.4, -0.2) is 40.4 Å². The van der Waals surface area contributed by atoms with Crippen molar-refractivity contribution in [1.82, 2.24) is 4.98 Å². The molecular weight excluding hydrogens is 610 g/mol. The third kappa shape index (κ3) is 6.14. The molecule has 1 aliphatic heterocycles. The van der Waals surface area contributed by atoms with Crippen molar-refractivity contribution < 1.29 is 23.9 Å². The Kier molecular flexibility index (Phi) is 8.86. The molecule has 2 aromatic carbocycles. The van der Waals surface area contributed by atoms with Crippen LogP contribution in [0.4, 0.5) is 11.5 Å². The molecule has 3 aromatic rings. The van der Waals surface area contributed by atoms with Gasteiger partial charge in [0.05, 0.1) is 27.6 Å². The van der Waals surface area contributed by atoms with Crippen LogP contribution in [0.3, 0.4) is 0 Å². The topological polar surface area (TPSA) is 167 Å². The summed E-state index contributed by atoms with van der Waals surface area (Å²) in [5.41, 5.74) is 7.48. The van der Waals surface area contributed by atoms with E-state index in [9.17, 15) is 29.7 Å². The summed E-state index contributed by atoms with van der Waals surface area (Å²) in [5, 5.41) is 18.6. The average Bonchev–Trinajstić information content (AvgIpc) is 3.23. The predicted octanol–water partition coefficient (Wildman–Crippen LogP) is 4.76. The van der Waals surface area contributed by atoms with Crippen LogP contribution in [-0.2, 0) is 14.3 Å². The number of imide groups is 1. The van der Waals surface area contributed by atoms with Gasteiger partial charge >= 0.3 is 5.97 Å². The summed E-state index contributed by atoms with van der Waals surface area (Å²) in [7, 11) is 0. The highest BCUT2D eigenvalue weighted by Crippen LogP contribution is 2.38. The van der Waals surface area contributed by atoms with Gasteiger partial charge in [-0.25, -0.2) is 14.7 Å². The molecule has 0 aliphatic carbocycles. The van der Waals surface area contributed by atoms with Gasteiger partial charge in [-0.2, -0.15) is 10.5 Å². The molecule has 12 heteroatoms. The summed E-state index contributed by atoms with van der Waals surface area (Å²) < 4.78 is 5.94. The maximum atomic E-state index is 13.3. The largest absolute Gasteiger partial charge is 0.454 e. The fraction of sp³-hybridized carbons (Fsp3) is 0.207. The molecule has 2 N–H and O–H groups in total. The Bertz CT molecular complexity index is 1640. The number of aromatic nitrogens is 1. The van der Waals surface area contributed by atoms with Crippen molar-refractivity contribution in [2.45, 2.75) is 36.5 Å². The highest BCUT2D eigenvalue weighted by atomic mass is 79.9. The molecule has 2 amide bonds. The first-order chi connectivity index (χ1) is 19.5. The summed E-state index contributed by atoms with van der Waals surface area (Å²) >= 11 is 4.24. The normalized spacial score (nSPS) is 14.6. The summed E-state index contributed by atoms with van der Waals surface area (Å²) in [6.45, 7) is 3.19. The van der Waals surface area contributed by atoms with Gasteiger partial charge in [-0.05, 0) is 47.9 Å². The monoisotopic (exact) mass is 631 g/mol. The molecule has 10 nitrogen and oxygen atoms in total. The second-order valence-electron chi connectivity index (χ2n) is 9.28. The first-order valence-electron chi connectivity index (χ1n) is 12.3. The Balaban J connectivity index is 1.47. The number of pyridine rings is 1. The fourth-order valence-electron chi connectivity index (χ4n) is 4.27. The Hall–Kier alpha value is -4.52. The molecule has 1 fully saturated rings. The van der Waals surface area contributed by atoms with E-state index in [1.54, 1.807) is 24.3 Å². The molecule has 1 aromatic heterocycles. The first-order valence-corrected chi connectivity index (χ1v) is 14.0. The zero-order chi connectivity index (χ0) is 29.8. The minimum atomic E-state index is -0.872. The number of ketones is 1. The molecule has 1 saturated heterocycles. The van der Waals surface area contributed by atoms with E-state index in [1.807, 2.05) is 19.9 Å². The van der Waals surface area contributed by atoms with Gasteiger partial charge in [0.25, 0.3) is 0 Å². The molecule has 41 heavy (non-hydrogen) atoms. The van der Waals surface area contributed by atoms with Crippen molar-refractivity contribution in [2.75, 3.05) is 17.2 Å². The third-order valence-corrected chi connectivity index (χ3v) is 7.95. The summed E-state index contributed by atoms with van der Waals surface area (Å²) in [6.07, 6.45) is -0.144. The van der Waals surface area contributed by atoms with Gasteiger partial charge in [0.1, 0.15) is 23.0 Å². The number of nitrogen functional groups attached to an aromatic ring is 1. The van der Waals surface area contributed by atoms with E-state index in [1.165, 1.54) is 24.3 Å². The molecule has 4 rings (SSSR count). The van der Waals surface area contributed by atoms with Crippen molar-refractivity contribution in [3.05, 3.63) is 80.8 Å². The maximum Gasteiger partial charge on any atom is 0.338 e. The Morgan fingerprint density at radius 2 is 1.68 bits per heavy atom. The lowest BCUT2D eigenvalue weighted by Gasteiger charge is -2.17. The number of esters is 1. The zero-order valence-electron chi connectivity index (χ0n) is 21.9. The number of benzene rings is 2. The van der Waals surface area contributed by atoms with Gasteiger partial charge in [0, 0.05) is 16.5 Å². The van der Waals surface area contributed by atoms with Crippen LogP contribution in [0.15, 0.2) is 58.0 Å². The molecule has 2 heterocycles. The highest BCUT2D eigenvalue weighted by molar-refractivity contribution is 9.10. The number of halogens is 1. The van der Waals surface area contributed by atoms with E-state index in [0.717, 1.165) is 21.1 Å². The van der Waals surface area contributed by atoms with Crippen molar-refractivity contribution in [2.24, 2.45) is 0 Å². The maximum absolute atomic E-state index is 13.3. The second-order valence-corrected chi connectivity index (χ2v) is 11.4. The number of hydrogen-bond acceptors (Lipinski definition) is 10. The number of nitrogens with two attached hydrogens (primary N) is 1. The van der Waals surface area contributed by atoms with Crippen LogP contribution in [0.1, 0.15) is 63.6 Å². The van der Waals surface area contributed by atoms with E-state index < -0.39 is 29.6 Å². The molecule has 0 saturated carbocycles. The number of carbonyl (C=O) groups excluding carboxylic acids is 4. The zero-order valence-corrected chi connectivity index (χ0v) is 24.3. The Morgan fingerprint density at radius 1 is 1.07 bits per heavy atom. The van der Waals surface area contributed by atoms with Crippen molar-refractivity contribution in [1.29, 1.82) is 10.5 Å². The van der Waals surface area contributed by atoms with Gasteiger partial charge < -0.3 is 10.5 Å². The molecule has 1 aliphatic rings. The standard InChI is InChI=1S/C29H22BrN5O5S/c1-15(2)25-20(12-31)26(33)34-27(21(25)13-32)41-23-11-24(37)35(28(23)38)19-9-5-17(6-10-19)29(39)40-14-22(36)16-3-7-18(30)8-4-16/h3-10,15,23H,11,14H2,1-2H3,(H2,33,34). The minimum Gasteiger partial charge on any atom is -0.454 e. The minimum absolute atomic E-state index is 0.0488. The summed E-state index contributed by atoms with van der Waals surface area (Å²) in [6, 6.07) is 16.4. The molecule has 206 valence electrons. The number of rotatable bonds is 8. The van der Waals surface area contributed by atoms with Crippen molar-refractivity contribution >= 4 is 62.8 Å².